The van der Waals surface area contributed by atoms with E-state index < -0.39 is 18.5 Å². The van der Waals surface area contributed by atoms with E-state index in [4.69, 9.17) is 32.7 Å². The third kappa shape index (κ3) is 5.65. The van der Waals surface area contributed by atoms with E-state index in [2.05, 4.69) is 4.98 Å². The summed E-state index contributed by atoms with van der Waals surface area (Å²) in [5, 5.41) is 12.4. The molecule has 2 unspecified atom stereocenters. The molecule has 11 heteroatoms. The number of ether oxygens (including phenoxy) is 2. The number of hydrogen-bond acceptors (Lipinski definition) is 6. The summed E-state index contributed by atoms with van der Waals surface area (Å²) >= 11 is 12.3. The van der Waals surface area contributed by atoms with Crippen LogP contribution in [0.4, 0.5) is 4.79 Å². The molecule has 0 saturated carbocycles. The van der Waals surface area contributed by atoms with Gasteiger partial charge in [-0.15, -0.1) is 0 Å². The number of benzene rings is 3. The number of halogens is 2. The number of aromatic nitrogens is 1. The van der Waals surface area contributed by atoms with Crippen LogP contribution in [0.15, 0.2) is 66.7 Å². The van der Waals surface area contributed by atoms with Crippen molar-refractivity contribution in [2.24, 2.45) is 0 Å². The van der Waals surface area contributed by atoms with Crippen molar-refractivity contribution >= 4 is 46.1 Å². The average Bonchev–Trinajstić information content (AvgIpc) is 3.47. The van der Waals surface area contributed by atoms with Crippen molar-refractivity contribution in [2.75, 3.05) is 33.3 Å². The standard InChI is InChI=1S/C31H30Cl2N4O5/c1-35-27(38)18-36(30(35)39)14-2-16-41-22-8-3-19(4-9-22)29-28-24(25-17-21(33)7-12-26(25)34-28)13-15-37(29)31(40)42-23-10-5-20(32)6-11-23/h3-12,17,29-30,34,39H,2,13-16,18H2,1H3. The lowest BCUT2D eigenvalue weighted by atomic mass is 9.92. The molecule has 0 aliphatic carbocycles. The number of carbonyl (C=O) groups is 2. The lowest BCUT2D eigenvalue weighted by Crippen LogP contribution is -2.42. The van der Waals surface area contributed by atoms with Crippen molar-refractivity contribution in [3.63, 3.8) is 0 Å². The fourth-order valence-electron chi connectivity index (χ4n) is 5.61. The summed E-state index contributed by atoms with van der Waals surface area (Å²) in [6.45, 7) is 1.63. The monoisotopic (exact) mass is 608 g/mol. The topological polar surface area (TPSA) is 98.3 Å². The van der Waals surface area contributed by atoms with Crippen LogP contribution in [0.25, 0.3) is 10.9 Å². The third-order valence-electron chi connectivity index (χ3n) is 7.80. The zero-order valence-corrected chi connectivity index (χ0v) is 24.4. The number of carbonyl (C=O) groups excluding carboxylic acids is 2. The number of rotatable bonds is 7. The predicted octanol–water partition coefficient (Wildman–Crippen LogP) is 5.44. The second kappa shape index (κ2) is 11.9. The van der Waals surface area contributed by atoms with Crippen LogP contribution in [0, 0.1) is 0 Å². The van der Waals surface area contributed by atoms with E-state index in [0.717, 1.165) is 27.7 Å². The van der Waals surface area contributed by atoms with Crippen LogP contribution < -0.4 is 9.47 Å². The molecule has 6 rings (SSSR count). The summed E-state index contributed by atoms with van der Waals surface area (Å²) in [5.74, 6) is 0.997. The Kier molecular flexibility index (Phi) is 8.00. The van der Waals surface area contributed by atoms with E-state index in [-0.39, 0.29) is 12.5 Å². The molecule has 9 nitrogen and oxygen atoms in total. The van der Waals surface area contributed by atoms with Gasteiger partial charge in [0, 0.05) is 46.8 Å². The second-order valence-corrected chi connectivity index (χ2v) is 11.3. The third-order valence-corrected chi connectivity index (χ3v) is 8.29. The molecule has 1 aromatic heterocycles. The van der Waals surface area contributed by atoms with Crippen molar-refractivity contribution in [2.45, 2.75) is 25.2 Å². The number of H-pyrrole nitrogens is 1. The Hall–Kier alpha value is -3.76. The number of likely N-dealkylation sites (N-methyl/N-ethyl adjacent to an activating group) is 1. The number of aliphatic hydroxyl groups excluding tert-OH is 1. The fraction of sp³-hybridized carbons (Fsp3) is 0.290. The van der Waals surface area contributed by atoms with Crippen LogP contribution in [-0.2, 0) is 11.2 Å². The summed E-state index contributed by atoms with van der Waals surface area (Å²) < 4.78 is 11.7. The van der Waals surface area contributed by atoms with Gasteiger partial charge in [-0.25, -0.2) is 4.79 Å². The molecule has 42 heavy (non-hydrogen) atoms. The Labute approximate surface area is 253 Å². The molecule has 2 aliphatic heterocycles. The maximum Gasteiger partial charge on any atom is 0.416 e. The summed E-state index contributed by atoms with van der Waals surface area (Å²) in [5.41, 5.74) is 3.90. The van der Waals surface area contributed by atoms with E-state index >= 15 is 0 Å². The number of amides is 2. The smallest absolute Gasteiger partial charge is 0.416 e. The molecule has 3 aromatic carbocycles. The minimum atomic E-state index is -0.896. The van der Waals surface area contributed by atoms with Crippen LogP contribution in [-0.4, -0.2) is 76.4 Å². The predicted molar refractivity (Wildman–Crippen MR) is 160 cm³/mol. The molecule has 2 N–H and O–H groups in total. The second-order valence-electron chi connectivity index (χ2n) is 10.5. The van der Waals surface area contributed by atoms with Crippen LogP contribution in [0.2, 0.25) is 10.0 Å². The molecule has 0 bridgehead atoms. The Morgan fingerprint density at radius 3 is 2.45 bits per heavy atom. The summed E-state index contributed by atoms with van der Waals surface area (Å²) in [7, 11) is 1.59. The first kappa shape index (κ1) is 28.4. The van der Waals surface area contributed by atoms with Gasteiger partial charge < -0.3 is 24.5 Å². The Morgan fingerprint density at radius 2 is 1.74 bits per heavy atom. The van der Waals surface area contributed by atoms with E-state index in [1.165, 1.54) is 4.90 Å². The van der Waals surface area contributed by atoms with Crippen molar-refractivity contribution in [1.82, 2.24) is 19.7 Å². The van der Waals surface area contributed by atoms with Crippen molar-refractivity contribution in [1.29, 1.82) is 0 Å². The zero-order chi connectivity index (χ0) is 29.4. The first-order valence-corrected chi connectivity index (χ1v) is 14.5. The van der Waals surface area contributed by atoms with Crippen molar-refractivity contribution in [3.8, 4) is 11.5 Å². The summed E-state index contributed by atoms with van der Waals surface area (Å²) in [4.78, 5) is 33.6. The quantitative estimate of drug-likeness (QED) is 0.271. The van der Waals surface area contributed by atoms with E-state index in [0.29, 0.717) is 54.1 Å². The lowest BCUT2D eigenvalue weighted by Gasteiger charge is -2.35. The number of hydrogen-bond donors (Lipinski definition) is 2. The first-order chi connectivity index (χ1) is 20.3. The molecular weight excluding hydrogens is 579 g/mol. The highest BCUT2D eigenvalue weighted by Crippen LogP contribution is 2.40. The molecule has 2 amide bonds. The average molecular weight is 610 g/mol. The van der Waals surface area contributed by atoms with Gasteiger partial charge in [0.25, 0.3) is 0 Å². The van der Waals surface area contributed by atoms with Crippen LogP contribution in [0.5, 0.6) is 11.5 Å². The zero-order valence-electron chi connectivity index (χ0n) is 22.9. The molecule has 1 fully saturated rings. The maximum absolute atomic E-state index is 13.5. The number of nitrogens with zero attached hydrogens (tertiary/aromatic N) is 3. The van der Waals surface area contributed by atoms with Gasteiger partial charge in [-0.2, -0.15) is 0 Å². The molecule has 3 heterocycles. The largest absolute Gasteiger partial charge is 0.494 e. The minimum Gasteiger partial charge on any atom is -0.494 e. The molecular formula is C31H30Cl2N4O5. The van der Waals surface area contributed by atoms with Crippen LogP contribution in [0.3, 0.4) is 0 Å². The number of fused-ring (bicyclic) bond motifs is 3. The molecule has 2 atom stereocenters. The Balaban J connectivity index is 1.21. The van der Waals surface area contributed by atoms with Gasteiger partial charge in [0.2, 0.25) is 5.91 Å². The number of aromatic amines is 1. The van der Waals surface area contributed by atoms with E-state index in [1.54, 1.807) is 41.1 Å². The molecule has 4 aromatic rings. The van der Waals surface area contributed by atoms with E-state index in [9.17, 15) is 14.7 Å². The molecule has 1 saturated heterocycles. The highest BCUT2D eigenvalue weighted by molar-refractivity contribution is 6.31. The van der Waals surface area contributed by atoms with Crippen molar-refractivity contribution in [3.05, 3.63) is 93.6 Å². The van der Waals surface area contributed by atoms with Gasteiger partial charge in [-0.1, -0.05) is 35.3 Å². The van der Waals surface area contributed by atoms with Gasteiger partial charge in [0.15, 0.2) is 6.35 Å². The maximum atomic E-state index is 13.5. The van der Waals surface area contributed by atoms with E-state index in [1.807, 2.05) is 42.5 Å². The van der Waals surface area contributed by atoms with Gasteiger partial charge in [-0.3, -0.25) is 14.6 Å². The molecule has 2 aliphatic rings. The SMILES string of the molecule is CN1C(=O)CN(CCCOc2ccc(C3c4[nH]c5ccc(Cl)cc5c4CCN3C(=O)Oc3ccc(Cl)cc3)cc2)C1O. The Morgan fingerprint density at radius 1 is 1.02 bits per heavy atom. The summed E-state index contributed by atoms with van der Waals surface area (Å²) in [6.07, 6.45) is -0.0605. The van der Waals surface area contributed by atoms with Crippen molar-refractivity contribution < 1.29 is 24.2 Å². The molecule has 0 radical (unpaired) electrons. The Bertz CT molecular complexity index is 1610. The molecule has 218 valence electrons. The molecule has 0 spiro atoms. The van der Waals surface area contributed by atoms with Crippen LogP contribution in [0.1, 0.15) is 29.3 Å². The van der Waals surface area contributed by atoms with Gasteiger partial charge in [0.05, 0.1) is 13.2 Å². The first-order valence-electron chi connectivity index (χ1n) is 13.7. The van der Waals surface area contributed by atoms with Gasteiger partial charge in [0.1, 0.15) is 17.5 Å². The van der Waals surface area contributed by atoms with Crippen LogP contribution >= 0.6 is 23.2 Å². The highest BCUT2D eigenvalue weighted by Gasteiger charge is 2.36. The number of aliphatic hydroxyl groups is 1. The minimum absolute atomic E-state index is 0.103. The fourth-order valence-corrected chi connectivity index (χ4v) is 5.90. The normalized spacial score (nSPS) is 18.9. The lowest BCUT2D eigenvalue weighted by molar-refractivity contribution is -0.131. The number of nitrogens with one attached hydrogen (secondary N) is 1. The van der Waals surface area contributed by atoms with Gasteiger partial charge in [-0.05, 0) is 78.6 Å². The van der Waals surface area contributed by atoms with Gasteiger partial charge >= 0.3 is 6.09 Å². The summed E-state index contributed by atoms with van der Waals surface area (Å²) in [6, 6.07) is 19.7. The highest BCUT2D eigenvalue weighted by atomic mass is 35.5.